The predicted octanol–water partition coefficient (Wildman–Crippen LogP) is 3.64. The summed E-state index contributed by atoms with van der Waals surface area (Å²) in [4.78, 5) is 13.7. The maximum Gasteiger partial charge on any atom is 0.416 e. The van der Waals surface area contributed by atoms with Gasteiger partial charge < -0.3 is 14.4 Å². The van der Waals surface area contributed by atoms with Crippen LogP contribution in [0.1, 0.15) is 11.1 Å². The highest BCUT2D eigenvalue weighted by Gasteiger charge is 2.31. The van der Waals surface area contributed by atoms with Crippen molar-refractivity contribution in [1.29, 1.82) is 0 Å². The molecule has 126 valence electrons. The second kappa shape index (κ2) is 6.07. The quantitative estimate of drug-likeness (QED) is 0.840. The summed E-state index contributed by atoms with van der Waals surface area (Å²) in [5.41, 5.74) is 0.346. The monoisotopic (exact) mass is 337 g/mol. The van der Waals surface area contributed by atoms with E-state index in [1.54, 1.807) is 18.2 Å². The molecule has 0 atom stereocenters. The van der Waals surface area contributed by atoms with Crippen LogP contribution in [0.5, 0.6) is 11.5 Å². The second-order valence-corrected chi connectivity index (χ2v) is 5.26. The third kappa shape index (κ3) is 3.02. The first-order valence-electron chi connectivity index (χ1n) is 7.16. The summed E-state index contributed by atoms with van der Waals surface area (Å²) >= 11 is 0. The van der Waals surface area contributed by atoms with Gasteiger partial charge in [-0.25, -0.2) is 0 Å². The van der Waals surface area contributed by atoms with E-state index in [1.807, 2.05) is 0 Å². The van der Waals surface area contributed by atoms with Crippen LogP contribution in [-0.4, -0.2) is 19.6 Å². The van der Waals surface area contributed by atoms with Crippen molar-refractivity contribution in [3.63, 3.8) is 0 Å². The number of anilines is 1. The average molecular weight is 337 g/mol. The van der Waals surface area contributed by atoms with Crippen molar-refractivity contribution in [2.45, 2.75) is 12.7 Å². The van der Waals surface area contributed by atoms with Gasteiger partial charge in [0.1, 0.15) is 0 Å². The molecule has 0 spiro atoms. The highest BCUT2D eigenvalue weighted by molar-refractivity contribution is 5.95. The molecule has 0 N–H and O–H groups in total. The average Bonchev–Trinajstić information content (AvgIpc) is 2.73. The molecule has 0 fully saturated rings. The molecule has 0 saturated carbocycles. The first-order valence-corrected chi connectivity index (χ1v) is 7.16. The number of alkyl halides is 3. The van der Waals surface area contributed by atoms with Crippen LogP contribution < -0.4 is 14.4 Å². The minimum Gasteiger partial charge on any atom is -0.493 e. The van der Waals surface area contributed by atoms with Gasteiger partial charge in [0.15, 0.2) is 18.1 Å². The molecule has 0 radical (unpaired) electrons. The van der Waals surface area contributed by atoms with Crippen LogP contribution in [0.2, 0.25) is 0 Å². The van der Waals surface area contributed by atoms with Crippen LogP contribution in [0.15, 0.2) is 42.5 Å². The number of halogens is 3. The summed E-state index contributed by atoms with van der Waals surface area (Å²) < 4.78 is 48.7. The molecule has 0 unspecified atom stereocenters. The summed E-state index contributed by atoms with van der Waals surface area (Å²) in [6.07, 6.45) is -4.41. The Morgan fingerprint density at radius 2 is 1.83 bits per heavy atom. The fraction of sp³-hybridized carbons (Fsp3) is 0.235. The summed E-state index contributed by atoms with van der Waals surface area (Å²) in [7, 11) is 1.50. The van der Waals surface area contributed by atoms with Gasteiger partial charge in [-0.3, -0.25) is 4.79 Å². The largest absolute Gasteiger partial charge is 0.493 e. The fourth-order valence-electron chi connectivity index (χ4n) is 2.55. The molecule has 0 saturated heterocycles. The molecule has 2 aromatic rings. The normalized spacial score (nSPS) is 14.7. The molecule has 3 rings (SSSR count). The molecule has 1 aliphatic rings. The number of carbonyl (C=O) groups excluding carboxylic acids is 1. The lowest BCUT2D eigenvalue weighted by Gasteiger charge is -2.20. The number of carbonyl (C=O) groups is 1. The Morgan fingerprint density at radius 1 is 1.12 bits per heavy atom. The Labute approximate surface area is 136 Å². The van der Waals surface area contributed by atoms with Crippen molar-refractivity contribution >= 4 is 11.6 Å². The molecule has 4 nitrogen and oxygen atoms in total. The zero-order valence-electron chi connectivity index (χ0n) is 12.8. The van der Waals surface area contributed by atoms with Gasteiger partial charge >= 0.3 is 6.18 Å². The van der Waals surface area contributed by atoms with E-state index in [-0.39, 0.29) is 19.1 Å². The summed E-state index contributed by atoms with van der Waals surface area (Å²) in [5, 5.41) is 0. The Hall–Kier alpha value is -2.70. The first kappa shape index (κ1) is 16.2. The molecule has 0 aliphatic carbocycles. The lowest BCUT2D eigenvalue weighted by Crippen LogP contribution is -2.32. The van der Waals surface area contributed by atoms with Gasteiger partial charge in [-0.15, -0.1) is 0 Å². The van der Waals surface area contributed by atoms with Crippen molar-refractivity contribution < 1.29 is 27.4 Å². The summed E-state index contributed by atoms with van der Waals surface area (Å²) in [6, 6.07) is 9.76. The zero-order valence-corrected chi connectivity index (χ0v) is 12.8. The lowest BCUT2D eigenvalue weighted by atomic mass is 10.1. The molecule has 24 heavy (non-hydrogen) atoms. The van der Waals surface area contributed by atoms with Crippen LogP contribution in [0.25, 0.3) is 0 Å². The van der Waals surface area contributed by atoms with E-state index in [4.69, 9.17) is 9.47 Å². The second-order valence-electron chi connectivity index (χ2n) is 5.26. The van der Waals surface area contributed by atoms with Crippen molar-refractivity contribution in [3.05, 3.63) is 53.6 Å². The standard InChI is InChI=1S/C17H14F3NO3/c1-23-14-4-2-3-11-9-21(15(22)10-24-16(11)14)13-7-5-12(6-8-13)17(18,19)20/h2-8H,9-10H2,1H3. The molecule has 2 aromatic carbocycles. The highest BCUT2D eigenvalue weighted by Crippen LogP contribution is 2.35. The fourth-order valence-corrected chi connectivity index (χ4v) is 2.55. The minimum absolute atomic E-state index is 0.191. The van der Waals surface area contributed by atoms with Gasteiger partial charge in [0.2, 0.25) is 0 Å². The van der Waals surface area contributed by atoms with Gasteiger partial charge in [-0.2, -0.15) is 13.2 Å². The number of methoxy groups -OCH3 is 1. The Balaban J connectivity index is 1.94. The minimum atomic E-state index is -4.41. The molecule has 1 heterocycles. The Morgan fingerprint density at radius 3 is 2.46 bits per heavy atom. The SMILES string of the molecule is COc1cccc2c1OCC(=O)N(c1ccc(C(F)(F)F)cc1)C2. The highest BCUT2D eigenvalue weighted by atomic mass is 19.4. The maximum absolute atomic E-state index is 12.7. The number of nitrogens with zero attached hydrogens (tertiary/aromatic N) is 1. The number of fused-ring (bicyclic) bond motifs is 1. The number of rotatable bonds is 2. The van der Waals surface area contributed by atoms with Crippen LogP contribution in [0.4, 0.5) is 18.9 Å². The van der Waals surface area contributed by atoms with E-state index in [2.05, 4.69) is 0 Å². The smallest absolute Gasteiger partial charge is 0.416 e. The molecule has 0 aromatic heterocycles. The van der Waals surface area contributed by atoms with Crippen LogP contribution in [0, 0.1) is 0 Å². The molecule has 1 aliphatic heterocycles. The summed E-state index contributed by atoms with van der Waals surface area (Å²) in [5.74, 6) is 0.644. The van der Waals surface area contributed by atoms with Crippen molar-refractivity contribution in [3.8, 4) is 11.5 Å². The lowest BCUT2D eigenvalue weighted by molar-refractivity contribution is -0.137. The van der Waals surface area contributed by atoms with E-state index in [9.17, 15) is 18.0 Å². The van der Waals surface area contributed by atoms with Gasteiger partial charge in [0, 0.05) is 11.3 Å². The number of hydrogen-bond acceptors (Lipinski definition) is 3. The van der Waals surface area contributed by atoms with E-state index >= 15 is 0 Å². The van der Waals surface area contributed by atoms with E-state index in [0.29, 0.717) is 17.2 Å². The molecule has 7 heteroatoms. The number of hydrogen-bond donors (Lipinski definition) is 0. The van der Waals surface area contributed by atoms with Gasteiger partial charge in [0.25, 0.3) is 5.91 Å². The Kier molecular flexibility index (Phi) is 4.09. The molecular formula is C17H14F3NO3. The number of ether oxygens (including phenoxy) is 2. The predicted molar refractivity (Wildman–Crippen MR) is 81.1 cm³/mol. The van der Waals surface area contributed by atoms with Crippen molar-refractivity contribution in [1.82, 2.24) is 0 Å². The number of amides is 1. The van der Waals surface area contributed by atoms with E-state index in [1.165, 1.54) is 24.1 Å². The van der Waals surface area contributed by atoms with Crippen LogP contribution >= 0.6 is 0 Å². The number of benzene rings is 2. The first-order chi connectivity index (χ1) is 11.4. The number of para-hydroxylation sites is 1. The van der Waals surface area contributed by atoms with Gasteiger partial charge in [0.05, 0.1) is 19.2 Å². The molecular weight excluding hydrogens is 323 g/mol. The Bertz CT molecular complexity index is 757. The van der Waals surface area contributed by atoms with Crippen LogP contribution in [0.3, 0.4) is 0 Å². The maximum atomic E-state index is 12.7. The summed E-state index contributed by atoms with van der Waals surface area (Å²) in [6.45, 7) is -0.0227. The van der Waals surface area contributed by atoms with Crippen LogP contribution in [-0.2, 0) is 17.5 Å². The van der Waals surface area contributed by atoms with Crippen molar-refractivity contribution in [2.75, 3.05) is 18.6 Å². The van der Waals surface area contributed by atoms with E-state index < -0.39 is 11.7 Å². The van der Waals surface area contributed by atoms with Gasteiger partial charge in [-0.05, 0) is 30.3 Å². The van der Waals surface area contributed by atoms with Gasteiger partial charge in [-0.1, -0.05) is 12.1 Å². The third-order valence-electron chi connectivity index (χ3n) is 3.76. The zero-order chi connectivity index (χ0) is 17.3. The molecule has 1 amide bonds. The van der Waals surface area contributed by atoms with E-state index in [0.717, 1.165) is 17.7 Å². The third-order valence-corrected chi connectivity index (χ3v) is 3.76. The molecule has 0 bridgehead atoms. The topological polar surface area (TPSA) is 38.8 Å². The van der Waals surface area contributed by atoms with Crippen molar-refractivity contribution in [2.24, 2.45) is 0 Å².